The summed E-state index contributed by atoms with van der Waals surface area (Å²) in [6, 6.07) is 13.4. The van der Waals surface area contributed by atoms with Crippen molar-refractivity contribution in [2.24, 2.45) is 0 Å². The number of imide groups is 1. The molecule has 8 nitrogen and oxygen atoms in total. The van der Waals surface area contributed by atoms with E-state index in [1.165, 1.54) is 27.6 Å². The SMILES string of the molecule is COc1ccc(Cl)cc1NC1=C(c2ccc(OC)c(OC)c2)C(=O)N(Cc2ccco2)C1=O. The van der Waals surface area contributed by atoms with Crippen LogP contribution in [0.2, 0.25) is 5.02 Å². The predicted octanol–water partition coefficient (Wildman–Crippen LogP) is 4.35. The number of furan rings is 1. The van der Waals surface area contributed by atoms with Crippen molar-refractivity contribution in [1.82, 2.24) is 4.90 Å². The zero-order valence-corrected chi connectivity index (χ0v) is 18.9. The van der Waals surface area contributed by atoms with Crippen molar-refractivity contribution in [3.63, 3.8) is 0 Å². The molecule has 4 rings (SSSR count). The minimum absolute atomic E-state index is 0.0146. The Morgan fingerprint density at radius 1 is 0.909 bits per heavy atom. The Morgan fingerprint density at radius 2 is 1.64 bits per heavy atom. The number of amides is 2. The summed E-state index contributed by atoms with van der Waals surface area (Å²) in [5, 5.41) is 3.50. The lowest BCUT2D eigenvalue weighted by molar-refractivity contribution is -0.137. The van der Waals surface area contributed by atoms with Gasteiger partial charge in [0.1, 0.15) is 17.2 Å². The fraction of sp³-hybridized carbons (Fsp3) is 0.167. The van der Waals surface area contributed by atoms with Crippen molar-refractivity contribution >= 4 is 34.7 Å². The third-order valence-electron chi connectivity index (χ3n) is 5.16. The number of rotatable bonds is 8. The van der Waals surface area contributed by atoms with E-state index in [0.717, 1.165) is 4.90 Å². The Morgan fingerprint density at radius 3 is 2.30 bits per heavy atom. The van der Waals surface area contributed by atoms with E-state index in [2.05, 4.69) is 5.32 Å². The first-order valence-corrected chi connectivity index (χ1v) is 10.3. The van der Waals surface area contributed by atoms with Gasteiger partial charge in [-0.25, -0.2) is 0 Å². The molecular weight excluding hydrogens is 448 g/mol. The second kappa shape index (κ2) is 9.30. The molecule has 0 atom stereocenters. The van der Waals surface area contributed by atoms with Crippen molar-refractivity contribution in [3.05, 3.63) is 76.8 Å². The van der Waals surface area contributed by atoms with Crippen LogP contribution in [-0.4, -0.2) is 38.0 Å². The van der Waals surface area contributed by atoms with E-state index in [4.69, 9.17) is 30.2 Å². The van der Waals surface area contributed by atoms with E-state index >= 15 is 0 Å². The van der Waals surface area contributed by atoms with Gasteiger partial charge in [0.05, 0.1) is 45.4 Å². The van der Waals surface area contributed by atoms with Gasteiger partial charge in [0.15, 0.2) is 11.5 Å². The number of halogens is 1. The average Bonchev–Trinajstić information content (AvgIpc) is 3.42. The average molecular weight is 469 g/mol. The molecule has 9 heteroatoms. The standard InChI is InChI=1S/C24H21ClN2O6/c1-30-18-9-7-15(25)12-17(18)26-22-21(14-6-8-19(31-2)20(11-14)32-3)23(28)27(24(22)29)13-16-5-4-10-33-16/h4-12,26H,13H2,1-3H3. The molecule has 0 aliphatic carbocycles. The summed E-state index contributed by atoms with van der Waals surface area (Å²) in [6.45, 7) is -0.0146. The molecule has 0 spiro atoms. The Labute approximate surface area is 195 Å². The van der Waals surface area contributed by atoms with E-state index in [-0.39, 0.29) is 17.8 Å². The summed E-state index contributed by atoms with van der Waals surface area (Å²) in [6.07, 6.45) is 1.49. The zero-order chi connectivity index (χ0) is 23.5. The molecule has 1 N–H and O–H groups in total. The van der Waals surface area contributed by atoms with Crippen LogP contribution in [0.3, 0.4) is 0 Å². The molecule has 0 bridgehead atoms. The van der Waals surface area contributed by atoms with E-state index in [1.54, 1.807) is 48.5 Å². The maximum atomic E-state index is 13.5. The predicted molar refractivity (Wildman–Crippen MR) is 122 cm³/mol. The van der Waals surface area contributed by atoms with E-state index in [1.807, 2.05) is 0 Å². The molecule has 2 heterocycles. The number of ether oxygens (including phenoxy) is 3. The molecule has 33 heavy (non-hydrogen) atoms. The molecule has 0 fully saturated rings. The lowest BCUT2D eigenvalue weighted by Crippen LogP contribution is -2.31. The highest BCUT2D eigenvalue weighted by Crippen LogP contribution is 2.38. The Kier molecular flexibility index (Phi) is 6.28. The summed E-state index contributed by atoms with van der Waals surface area (Å²) >= 11 is 6.16. The van der Waals surface area contributed by atoms with Crippen molar-refractivity contribution in [3.8, 4) is 17.2 Å². The number of methoxy groups -OCH3 is 3. The Balaban J connectivity index is 1.83. The fourth-order valence-electron chi connectivity index (χ4n) is 3.57. The molecule has 1 aromatic heterocycles. The van der Waals surface area contributed by atoms with Gasteiger partial charge >= 0.3 is 0 Å². The number of carbonyl (C=O) groups excluding carboxylic acids is 2. The van der Waals surface area contributed by atoms with Gasteiger partial charge in [0, 0.05) is 5.02 Å². The molecule has 3 aromatic rings. The number of nitrogens with zero attached hydrogens (tertiary/aromatic N) is 1. The molecule has 0 radical (unpaired) electrons. The maximum absolute atomic E-state index is 13.5. The Hall–Kier alpha value is -3.91. The third kappa shape index (κ3) is 4.25. The lowest BCUT2D eigenvalue weighted by atomic mass is 10.0. The number of benzene rings is 2. The minimum atomic E-state index is -0.511. The molecule has 2 amide bonds. The number of hydrogen-bond donors (Lipinski definition) is 1. The largest absolute Gasteiger partial charge is 0.495 e. The second-order valence-corrected chi connectivity index (χ2v) is 7.50. The molecule has 2 aromatic carbocycles. The summed E-state index contributed by atoms with van der Waals surface area (Å²) < 4.78 is 21.4. The first-order chi connectivity index (χ1) is 16.0. The van der Waals surface area contributed by atoms with E-state index in [0.29, 0.717) is 39.3 Å². The van der Waals surface area contributed by atoms with Crippen LogP contribution in [0.1, 0.15) is 11.3 Å². The van der Waals surface area contributed by atoms with Crippen LogP contribution in [0.4, 0.5) is 5.69 Å². The topological polar surface area (TPSA) is 90.2 Å². The van der Waals surface area contributed by atoms with Crippen LogP contribution in [0.25, 0.3) is 5.57 Å². The van der Waals surface area contributed by atoms with Gasteiger partial charge in [0.2, 0.25) is 0 Å². The fourth-order valence-corrected chi connectivity index (χ4v) is 3.74. The summed E-state index contributed by atoms with van der Waals surface area (Å²) in [4.78, 5) is 28.0. The van der Waals surface area contributed by atoms with Gasteiger partial charge in [-0.3, -0.25) is 14.5 Å². The van der Waals surface area contributed by atoms with Crippen molar-refractivity contribution in [2.45, 2.75) is 6.54 Å². The smallest absolute Gasteiger partial charge is 0.278 e. The van der Waals surface area contributed by atoms with Crippen LogP contribution < -0.4 is 19.5 Å². The zero-order valence-electron chi connectivity index (χ0n) is 18.2. The maximum Gasteiger partial charge on any atom is 0.278 e. The second-order valence-electron chi connectivity index (χ2n) is 7.07. The number of hydrogen-bond acceptors (Lipinski definition) is 7. The molecule has 1 aliphatic heterocycles. The van der Waals surface area contributed by atoms with Gasteiger partial charge in [-0.15, -0.1) is 0 Å². The molecule has 0 saturated carbocycles. The molecule has 170 valence electrons. The van der Waals surface area contributed by atoms with E-state index in [9.17, 15) is 9.59 Å². The van der Waals surface area contributed by atoms with Crippen LogP contribution in [-0.2, 0) is 16.1 Å². The number of anilines is 1. The quantitative estimate of drug-likeness (QED) is 0.491. The molecular formula is C24H21ClN2O6. The van der Waals surface area contributed by atoms with Crippen molar-refractivity contribution in [2.75, 3.05) is 26.6 Å². The van der Waals surface area contributed by atoms with E-state index < -0.39 is 11.8 Å². The molecule has 0 unspecified atom stereocenters. The highest BCUT2D eigenvalue weighted by molar-refractivity contribution is 6.36. The van der Waals surface area contributed by atoms with Crippen LogP contribution >= 0.6 is 11.6 Å². The first-order valence-electron chi connectivity index (χ1n) is 9.92. The van der Waals surface area contributed by atoms with Crippen LogP contribution in [0.5, 0.6) is 17.2 Å². The van der Waals surface area contributed by atoms with Gasteiger partial charge in [-0.05, 0) is 48.0 Å². The summed E-state index contributed by atoms with van der Waals surface area (Å²) in [5.41, 5.74) is 1.18. The number of carbonyl (C=O) groups is 2. The minimum Gasteiger partial charge on any atom is -0.495 e. The normalized spacial score (nSPS) is 13.5. The van der Waals surface area contributed by atoms with Gasteiger partial charge < -0.3 is 23.9 Å². The summed E-state index contributed by atoms with van der Waals surface area (Å²) in [5.74, 6) is 0.868. The first kappa shape index (κ1) is 22.3. The Bertz CT molecular complexity index is 1240. The van der Waals surface area contributed by atoms with Gasteiger partial charge in [-0.2, -0.15) is 0 Å². The monoisotopic (exact) mass is 468 g/mol. The molecule has 1 aliphatic rings. The highest BCUT2D eigenvalue weighted by Gasteiger charge is 2.40. The van der Waals surface area contributed by atoms with Crippen molar-refractivity contribution in [1.29, 1.82) is 0 Å². The highest BCUT2D eigenvalue weighted by atomic mass is 35.5. The van der Waals surface area contributed by atoms with Crippen LogP contribution in [0, 0.1) is 0 Å². The summed E-state index contributed by atoms with van der Waals surface area (Å²) in [7, 11) is 4.52. The third-order valence-corrected chi connectivity index (χ3v) is 5.39. The number of nitrogens with one attached hydrogen (secondary N) is 1. The van der Waals surface area contributed by atoms with Crippen molar-refractivity contribution < 1.29 is 28.2 Å². The van der Waals surface area contributed by atoms with Gasteiger partial charge in [0.25, 0.3) is 11.8 Å². The van der Waals surface area contributed by atoms with Gasteiger partial charge in [-0.1, -0.05) is 17.7 Å². The van der Waals surface area contributed by atoms with Crippen LogP contribution in [0.15, 0.2) is 64.9 Å². The lowest BCUT2D eigenvalue weighted by Gasteiger charge is -2.14. The molecule has 0 saturated heterocycles.